The predicted molar refractivity (Wildman–Crippen MR) is 82.7 cm³/mol. The molecule has 0 aliphatic carbocycles. The number of carbonyl (C=O) groups is 1. The van der Waals surface area contributed by atoms with E-state index in [1.165, 1.54) is 0 Å². The van der Waals surface area contributed by atoms with Gasteiger partial charge in [0.05, 0.1) is 0 Å². The smallest absolute Gasteiger partial charge is 0.341 e. The van der Waals surface area contributed by atoms with Crippen LogP contribution in [-0.2, 0) is 12.8 Å². The van der Waals surface area contributed by atoms with Crippen molar-refractivity contribution in [1.29, 1.82) is 0 Å². The largest absolute Gasteiger partial charge is 0.477 e. The van der Waals surface area contributed by atoms with Gasteiger partial charge in [0.15, 0.2) is 5.76 Å². The lowest BCUT2D eigenvalue weighted by molar-refractivity contribution is 0.0695. The van der Waals surface area contributed by atoms with E-state index in [4.69, 9.17) is 4.52 Å². The predicted octanol–water partition coefficient (Wildman–Crippen LogP) is 3.83. The Morgan fingerprint density at radius 2 is 1.59 bits per heavy atom. The summed E-state index contributed by atoms with van der Waals surface area (Å²) in [5.74, 6) is -0.599. The third kappa shape index (κ3) is 2.91. The number of aryl methyl sites for hydroxylation is 2. The van der Waals surface area contributed by atoms with Crippen molar-refractivity contribution in [2.75, 3.05) is 0 Å². The number of hydrogen-bond donors (Lipinski definition) is 1. The third-order valence-electron chi connectivity index (χ3n) is 3.51. The van der Waals surface area contributed by atoms with Gasteiger partial charge < -0.3 is 9.63 Å². The first-order valence-electron chi connectivity index (χ1n) is 7.07. The summed E-state index contributed by atoms with van der Waals surface area (Å²) in [6.45, 7) is 0. The lowest BCUT2D eigenvalue weighted by Crippen LogP contribution is -2.02. The summed E-state index contributed by atoms with van der Waals surface area (Å²) in [6, 6.07) is 19.1. The molecule has 0 spiro atoms. The number of carboxylic acids is 1. The minimum atomic E-state index is -1.01. The molecule has 22 heavy (non-hydrogen) atoms. The quantitative estimate of drug-likeness (QED) is 0.776. The average molecular weight is 293 g/mol. The Morgan fingerprint density at radius 1 is 0.955 bits per heavy atom. The van der Waals surface area contributed by atoms with E-state index in [1.54, 1.807) is 0 Å². The Hall–Kier alpha value is -2.88. The van der Waals surface area contributed by atoms with E-state index in [2.05, 4.69) is 5.16 Å². The summed E-state index contributed by atoms with van der Waals surface area (Å²) in [6.07, 6.45) is 1.22. The normalized spacial score (nSPS) is 10.5. The van der Waals surface area contributed by atoms with Crippen LogP contribution in [0.1, 0.15) is 21.7 Å². The first-order valence-corrected chi connectivity index (χ1v) is 7.07. The van der Waals surface area contributed by atoms with Gasteiger partial charge in [-0.2, -0.15) is 0 Å². The molecule has 1 N–H and O–H groups in total. The van der Waals surface area contributed by atoms with E-state index in [9.17, 15) is 9.90 Å². The summed E-state index contributed by atoms with van der Waals surface area (Å²) in [7, 11) is 0. The lowest BCUT2D eigenvalue weighted by Gasteiger charge is -2.01. The molecule has 0 unspecified atom stereocenters. The minimum absolute atomic E-state index is 0.155. The van der Waals surface area contributed by atoms with Crippen LogP contribution >= 0.6 is 0 Å². The number of aromatic nitrogens is 1. The maximum atomic E-state index is 11.6. The summed E-state index contributed by atoms with van der Waals surface area (Å²) in [5, 5.41) is 13.5. The fourth-order valence-corrected chi connectivity index (χ4v) is 2.41. The topological polar surface area (TPSA) is 63.3 Å². The van der Waals surface area contributed by atoms with Gasteiger partial charge >= 0.3 is 5.97 Å². The molecule has 0 bridgehead atoms. The number of hydrogen-bond acceptors (Lipinski definition) is 3. The molecule has 0 radical (unpaired) electrons. The van der Waals surface area contributed by atoms with E-state index >= 15 is 0 Å². The first kappa shape index (κ1) is 14.1. The van der Waals surface area contributed by atoms with Crippen molar-refractivity contribution < 1.29 is 14.4 Å². The summed E-state index contributed by atoms with van der Waals surface area (Å²) in [5.41, 5.74) is 2.42. The van der Waals surface area contributed by atoms with Gasteiger partial charge in [-0.15, -0.1) is 0 Å². The molecule has 0 amide bonds. The monoisotopic (exact) mass is 293 g/mol. The zero-order valence-corrected chi connectivity index (χ0v) is 11.9. The van der Waals surface area contributed by atoms with Crippen molar-refractivity contribution in [2.24, 2.45) is 0 Å². The molecule has 110 valence electrons. The molecule has 2 aromatic carbocycles. The van der Waals surface area contributed by atoms with Crippen molar-refractivity contribution in [3.63, 3.8) is 0 Å². The highest BCUT2D eigenvalue weighted by Crippen LogP contribution is 2.26. The SMILES string of the molecule is O=C(O)c1c(-c2ccccc2)noc1CCc1ccccc1. The van der Waals surface area contributed by atoms with Gasteiger partial charge in [0.25, 0.3) is 0 Å². The van der Waals surface area contributed by atoms with Gasteiger partial charge in [-0.25, -0.2) is 4.79 Å². The molecule has 1 heterocycles. The van der Waals surface area contributed by atoms with Gasteiger partial charge in [0.1, 0.15) is 11.3 Å². The van der Waals surface area contributed by atoms with Crippen LogP contribution in [0, 0.1) is 0 Å². The number of benzene rings is 2. The number of nitrogens with zero attached hydrogens (tertiary/aromatic N) is 1. The Balaban J connectivity index is 1.89. The molecule has 0 saturated heterocycles. The molecule has 1 aromatic heterocycles. The maximum Gasteiger partial charge on any atom is 0.341 e. The van der Waals surface area contributed by atoms with Crippen LogP contribution in [0.3, 0.4) is 0 Å². The van der Waals surface area contributed by atoms with Crippen LogP contribution < -0.4 is 0 Å². The average Bonchev–Trinajstić information content (AvgIpc) is 2.99. The van der Waals surface area contributed by atoms with E-state index in [-0.39, 0.29) is 5.56 Å². The van der Waals surface area contributed by atoms with Gasteiger partial charge in [0, 0.05) is 12.0 Å². The van der Waals surface area contributed by atoms with Crippen molar-refractivity contribution >= 4 is 5.97 Å². The summed E-state index contributed by atoms with van der Waals surface area (Å²) in [4.78, 5) is 11.6. The maximum absolute atomic E-state index is 11.6. The van der Waals surface area contributed by atoms with Crippen LogP contribution in [0.25, 0.3) is 11.3 Å². The highest BCUT2D eigenvalue weighted by Gasteiger charge is 2.23. The second-order valence-corrected chi connectivity index (χ2v) is 4.99. The Labute approximate surface area is 128 Å². The number of aromatic carboxylic acids is 1. The van der Waals surface area contributed by atoms with Gasteiger partial charge in [-0.05, 0) is 12.0 Å². The molecule has 4 heteroatoms. The molecular weight excluding hydrogens is 278 g/mol. The van der Waals surface area contributed by atoms with Crippen molar-refractivity contribution in [2.45, 2.75) is 12.8 Å². The minimum Gasteiger partial charge on any atom is -0.477 e. The number of carboxylic acid groups (broad SMARTS) is 1. The molecule has 0 fully saturated rings. The highest BCUT2D eigenvalue weighted by molar-refractivity contribution is 5.95. The lowest BCUT2D eigenvalue weighted by atomic mass is 10.0. The molecule has 4 nitrogen and oxygen atoms in total. The fourth-order valence-electron chi connectivity index (χ4n) is 2.41. The molecule has 0 atom stereocenters. The van der Waals surface area contributed by atoms with Crippen molar-refractivity contribution in [3.8, 4) is 11.3 Å². The zero-order chi connectivity index (χ0) is 15.4. The van der Waals surface area contributed by atoms with Gasteiger partial charge in [-0.1, -0.05) is 65.8 Å². The molecule has 3 rings (SSSR count). The Bertz CT molecular complexity index is 764. The second kappa shape index (κ2) is 6.26. The summed E-state index contributed by atoms with van der Waals surface area (Å²) < 4.78 is 5.30. The fraction of sp³-hybridized carbons (Fsp3) is 0.111. The molecule has 0 aliphatic rings. The second-order valence-electron chi connectivity index (χ2n) is 4.99. The van der Waals surface area contributed by atoms with Crippen molar-refractivity contribution in [3.05, 3.63) is 77.6 Å². The van der Waals surface area contributed by atoms with E-state index < -0.39 is 5.97 Å². The number of rotatable bonds is 5. The molecular formula is C18H15NO3. The third-order valence-corrected chi connectivity index (χ3v) is 3.51. The van der Waals surface area contributed by atoms with Crippen LogP contribution in [0.15, 0.2) is 65.2 Å². The van der Waals surface area contributed by atoms with Crippen LogP contribution in [0.5, 0.6) is 0 Å². The molecule has 0 saturated carbocycles. The van der Waals surface area contributed by atoms with Gasteiger partial charge in [0.2, 0.25) is 0 Å². The first-order chi connectivity index (χ1) is 10.8. The Kier molecular flexibility index (Phi) is 4.01. The summed E-state index contributed by atoms with van der Waals surface area (Å²) >= 11 is 0. The standard InChI is InChI=1S/C18H15NO3/c20-18(21)16-15(12-11-13-7-3-1-4-8-13)22-19-17(16)14-9-5-2-6-10-14/h1-10H,11-12H2,(H,20,21). The van der Waals surface area contributed by atoms with Crippen LogP contribution in [-0.4, -0.2) is 16.2 Å². The van der Waals surface area contributed by atoms with E-state index in [0.717, 1.165) is 11.1 Å². The van der Waals surface area contributed by atoms with E-state index in [0.29, 0.717) is 24.3 Å². The molecule has 3 aromatic rings. The highest BCUT2D eigenvalue weighted by atomic mass is 16.5. The van der Waals surface area contributed by atoms with E-state index in [1.807, 2.05) is 60.7 Å². The van der Waals surface area contributed by atoms with Crippen molar-refractivity contribution in [1.82, 2.24) is 5.16 Å². The Morgan fingerprint density at radius 3 is 2.23 bits per heavy atom. The van der Waals surface area contributed by atoms with Crippen LogP contribution in [0.4, 0.5) is 0 Å². The van der Waals surface area contributed by atoms with Gasteiger partial charge in [-0.3, -0.25) is 0 Å². The van der Waals surface area contributed by atoms with Crippen LogP contribution in [0.2, 0.25) is 0 Å². The zero-order valence-electron chi connectivity index (χ0n) is 11.9. The molecule has 0 aliphatic heterocycles.